The number of benzene rings is 1. The second-order valence-electron chi connectivity index (χ2n) is 7.50. The molecule has 3 rings (SSSR count). The average Bonchev–Trinajstić information content (AvgIpc) is 3.12. The van der Waals surface area contributed by atoms with Gasteiger partial charge in [0.1, 0.15) is 6.10 Å². The van der Waals surface area contributed by atoms with Crippen molar-refractivity contribution in [1.29, 1.82) is 0 Å². The summed E-state index contributed by atoms with van der Waals surface area (Å²) in [5.74, 6) is 0.826. The van der Waals surface area contributed by atoms with Gasteiger partial charge in [0.25, 0.3) is 0 Å². The van der Waals surface area contributed by atoms with Crippen LogP contribution in [0.2, 0.25) is 0 Å². The maximum Gasteiger partial charge on any atom is 0.249 e. The standard InChI is InChI=1S/C20H31N3O2/c1-15-8-10-23(11-9-15)14-17-5-3-2-4-16(17)13-22-20(24)19-7-6-18(12-21)25-19/h2-5,15,18-19H,6-14,21H2,1H3,(H,22,24)/t18-,19+/m1/s1. The molecule has 1 amide bonds. The highest BCUT2D eigenvalue weighted by molar-refractivity contribution is 5.81. The van der Waals surface area contributed by atoms with E-state index < -0.39 is 0 Å². The van der Waals surface area contributed by atoms with Gasteiger partial charge < -0.3 is 15.8 Å². The Hall–Kier alpha value is -1.43. The van der Waals surface area contributed by atoms with E-state index in [0.717, 1.165) is 38.4 Å². The van der Waals surface area contributed by atoms with E-state index in [4.69, 9.17) is 10.5 Å². The zero-order valence-electron chi connectivity index (χ0n) is 15.2. The number of amides is 1. The molecule has 0 spiro atoms. The fourth-order valence-corrected chi connectivity index (χ4v) is 3.71. The first kappa shape index (κ1) is 18.4. The highest BCUT2D eigenvalue weighted by Crippen LogP contribution is 2.21. The van der Waals surface area contributed by atoms with E-state index in [1.807, 2.05) is 6.07 Å². The third-order valence-corrected chi connectivity index (χ3v) is 5.50. The lowest BCUT2D eigenvalue weighted by molar-refractivity contribution is -0.132. The number of likely N-dealkylation sites (tertiary alicyclic amines) is 1. The van der Waals surface area contributed by atoms with Crippen LogP contribution in [0.3, 0.4) is 0 Å². The van der Waals surface area contributed by atoms with Gasteiger partial charge in [0.2, 0.25) is 5.91 Å². The van der Waals surface area contributed by atoms with Crippen molar-refractivity contribution in [3.05, 3.63) is 35.4 Å². The maximum atomic E-state index is 12.3. The lowest BCUT2D eigenvalue weighted by atomic mass is 9.98. The van der Waals surface area contributed by atoms with Crippen LogP contribution in [0, 0.1) is 5.92 Å². The topological polar surface area (TPSA) is 67.6 Å². The summed E-state index contributed by atoms with van der Waals surface area (Å²) < 4.78 is 5.68. The summed E-state index contributed by atoms with van der Waals surface area (Å²) >= 11 is 0. The summed E-state index contributed by atoms with van der Waals surface area (Å²) in [4.78, 5) is 14.9. The van der Waals surface area contributed by atoms with Crippen molar-refractivity contribution < 1.29 is 9.53 Å². The van der Waals surface area contributed by atoms with E-state index in [1.165, 1.54) is 24.0 Å². The highest BCUT2D eigenvalue weighted by Gasteiger charge is 2.29. The largest absolute Gasteiger partial charge is 0.364 e. The third kappa shape index (κ3) is 5.03. The van der Waals surface area contributed by atoms with Gasteiger partial charge in [-0.25, -0.2) is 0 Å². The van der Waals surface area contributed by atoms with Crippen LogP contribution < -0.4 is 11.1 Å². The molecule has 2 atom stereocenters. The van der Waals surface area contributed by atoms with Crippen LogP contribution in [-0.2, 0) is 22.6 Å². The molecule has 2 heterocycles. The zero-order chi connectivity index (χ0) is 17.6. The normalized spacial score (nSPS) is 25.2. The molecule has 25 heavy (non-hydrogen) atoms. The van der Waals surface area contributed by atoms with Crippen LogP contribution >= 0.6 is 0 Å². The third-order valence-electron chi connectivity index (χ3n) is 5.50. The van der Waals surface area contributed by atoms with Gasteiger partial charge in [-0.2, -0.15) is 0 Å². The number of rotatable bonds is 6. The fraction of sp³-hybridized carbons (Fsp3) is 0.650. The number of nitrogens with two attached hydrogens (primary N) is 1. The first-order valence-corrected chi connectivity index (χ1v) is 9.58. The Labute approximate surface area is 150 Å². The molecule has 0 unspecified atom stereocenters. The molecule has 2 fully saturated rings. The van der Waals surface area contributed by atoms with Crippen molar-refractivity contribution in [2.24, 2.45) is 11.7 Å². The average molecular weight is 345 g/mol. The molecular formula is C20H31N3O2. The lowest BCUT2D eigenvalue weighted by Gasteiger charge is -2.30. The summed E-state index contributed by atoms with van der Waals surface area (Å²) in [6.07, 6.45) is 3.88. The van der Waals surface area contributed by atoms with Crippen molar-refractivity contribution in [1.82, 2.24) is 10.2 Å². The molecule has 0 radical (unpaired) electrons. The molecule has 2 aliphatic rings. The van der Waals surface area contributed by atoms with Crippen molar-refractivity contribution in [2.45, 2.75) is 57.9 Å². The number of nitrogens with one attached hydrogen (secondary N) is 1. The molecule has 0 saturated carbocycles. The summed E-state index contributed by atoms with van der Waals surface area (Å²) in [6.45, 7) is 6.68. The molecule has 5 heteroatoms. The van der Waals surface area contributed by atoms with Crippen molar-refractivity contribution in [3.63, 3.8) is 0 Å². The predicted molar refractivity (Wildman–Crippen MR) is 98.9 cm³/mol. The fourth-order valence-electron chi connectivity index (χ4n) is 3.71. The SMILES string of the molecule is CC1CCN(Cc2ccccc2CNC(=O)[C@@H]2CC[C@H](CN)O2)CC1. The second kappa shape index (κ2) is 8.79. The first-order chi connectivity index (χ1) is 12.2. The van der Waals surface area contributed by atoms with Gasteiger partial charge in [-0.15, -0.1) is 0 Å². The van der Waals surface area contributed by atoms with E-state index in [0.29, 0.717) is 13.1 Å². The molecule has 5 nitrogen and oxygen atoms in total. The van der Waals surface area contributed by atoms with Crippen LogP contribution in [-0.4, -0.2) is 42.6 Å². The lowest BCUT2D eigenvalue weighted by Crippen LogP contribution is -2.36. The van der Waals surface area contributed by atoms with Gasteiger partial charge in [0.15, 0.2) is 0 Å². The van der Waals surface area contributed by atoms with Gasteiger partial charge in [-0.05, 0) is 55.8 Å². The molecule has 1 aromatic carbocycles. The van der Waals surface area contributed by atoms with E-state index in [9.17, 15) is 4.79 Å². The number of hydrogen-bond donors (Lipinski definition) is 2. The molecule has 2 aliphatic heterocycles. The van der Waals surface area contributed by atoms with E-state index >= 15 is 0 Å². The number of piperidine rings is 1. The number of nitrogens with zero attached hydrogens (tertiary/aromatic N) is 1. The summed E-state index contributed by atoms with van der Waals surface area (Å²) in [5.41, 5.74) is 8.12. The van der Waals surface area contributed by atoms with Crippen LogP contribution in [0.4, 0.5) is 0 Å². The number of ether oxygens (including phenoxy) is 1. The van der Waals surface area contributed by atoms with Crippen LogP contribution in [0.1, 0.15) is 43.7 Å². The first-order valence-electron chi connectivity index (χ1n) is 9.58. The van der Waals surface area contributed by atoms with Gasteiger partial charge in [-0.3, -0.25) is 9.69 Å². The van der Waals surface area contributed by atoms with E-state index in [-0.39, 0.29) is 18.1 Å². The Bertz CT molecular complexity index is 570. The van der Waals surface area contributed by atoms with Gasteiger partial charge in [-0.1, -0.05) is 31.2 Å². The highest BCUT2D eigenvalue weighted by atomic mass is 16.5. The molecule has 1 aromatic rings. The minimum absolute atomic E-state index is 0.0162. The minimum atomic E-state index is -0.343. The Morgan fingerprint density at radius 2 is 1.92 bits per heavy atom. The molecule has 0 aromatic heterocycles. The minimum Gasteiger partial charge on any atom is -0.364 e. The Morgan fingerprint density at radius 3 is 2.60 bits per heavy atom. The van der Waals surface area contributed by atoms with Crippen LogP contribution in [0.15, 0.2) is 24.3 Å². The molecule has 3 N–H and O–H groups in total. The van der Waals surface area contributed by atoms with Gasteiger partial charge in [0, 0.05) is 19.6 Å². The number of carbonyl (C=O) groups excluding carboxylic acids is 1. The maximum absolute atomic E-state index is 12.3. The van der Waals surface area contributed by atoms with E-state index in [1.54, 1.807) is 0 Å². The van der Waals surface area contributed by atoms with Crippen molar-refractivity contribution in [3.8, 4) is 0 Å². The second-order valence-corrected chi connectivity index (χ2v) is 7.50. The Balaban J connectivity index is 1.53. The van der Waals surface area contributed by atoms with E-state index in [2.05, 4.69) is 35.3 Å². The quantitative estimate of drug-likeness (QED) is 0.828. The molecule has 2 saturated heterocycles. The van der Waals surface area contributed by atoms with Crippen molar-refractivity contribution >= 4 is 5.91 Å². The Morgan fingerprint density at radius 1 is 1.20 bits per heavy atom. The van der Waals surface area contributed by atoms with Gasteiger partial charge >= 0.3 is 0 Å². The number of carbonyl (C=O) groups is 1. The van der Waals surface area contributed by atoms with Crippen LogP contribution in [0.25, 0.3) is 0 Å². The Kier molecular flexibility index (Phi) is 6.45. The van der Waals surface area contributed by atoms with Gasteiger partial charge in [0.05, 0.1) is 6.10 Å². The molecule has 0 bridgehead atoms. The molecule has 0 aliphatic carbocycles. The zero-order valence-corrected chi connectivity index (χ0v) is 15.2. The smallest absolute Gasteiger partial charge is 0.249 e. The number of hydrogen-bond acceptors (Lipinski definition) is 4. The monoisotopic (exact) mass is 345 g/mol. The van der Waals surface area contributed by atoms with Crippen molar-refractivity contribution in [2.75, 3.05) is 19.6 Å². The molecule has 138 valence electrons. The summed E-state index contributed by atoms with van der Waals surface area (Å²) in [5, 5.41) is 3.05. The van der Waals surface area contributed by atoms with Crippen LogP contribution in [0.5, 0.6) is 0 Å². The molecular weight excluding hydrogens is 314 g/mol. The summed E-state index contributed by atoms with van der Waals surface area (Å²) in [7, 11) is 0. The predicted octanol–water partition coefficient (Wildman–Crippen LogP) is 2.04. The summed E-state index contributed by atoms with van der Waals surface area (Å²) in [6, 6.07) is 8.41.